The molecule has 2 aromatic carbocycles. The number of rotatable bonds is 6. The predicted molar refractivity (Wildman–Crippen MR) is 79.6 cm³/mol. The minimum Gasteiger partial charge on any atom is -0.480 e. The lowest BCUT2D eigenvalue weighted by Crippen LogP contribution is -2.32. The van der Waals surface area contributed by atoms with E-state index >= 15 is 0 Å². The molecule has 0 aromatic heterocycles. The van der Waals surface area contributed by atoms with Crippen molar-refractivity contribution < 1.29 is 9.90 Å². The molecule has 0 radical (unpaired) electrons. The van der Waals surface area contributed by atoms with E-state index in [9.17, 15) is 4.79 Å². The first-order valence-electron chi connectivity index (χ1n) is 6.76. The molecule has 0 saturated heterocycles. The number of carboxylic acids is 1. The van der Waals surface area contributed by atoms with Crippen LogP contribution in [0.15, 0.2) is 54.6 Å². The van der Waals surface area contributed by atoms with Crippen molar-refractivity contribution in [2.75, 3.05) is 0 Å². The van der Waals surface area contributed by atoms with E-state index in [1.807, 2.05) is 42.5 Å². The Morgan fingerprint density at radius 3 is 2.20 bits per heavy atom. The Hall–Kier alpha value is -2.13. The van der Waals surface area contributed by atoms with E-state index in [4.69, 9.17) is 10.8 Å². The molecule has 3 heteroatoms. The van der Waals surface area contributed by atoms with Gasteiger partial charge in [0.1, 0.15) is 6.04 Å². The smallest absolute Gasteiger partial charge is 0.320 e. The Bertz CT molecular complexity index is 566. The molecule has 1 atom stereocenters. The molecule has 0 amide bonds. The van der Waals surface area contributed by atoms with Crippen LogP contribution >= 0.6 is 0 Å². The van der Waals surface area contributed by atoms with Gasteiger partial charge in [-0.05, 0) is 36.0 Å². The summed E-state index contributed by atoms with van der Waals surface area (Å²) >= 11 is 0. The van der Waals surface area contributed by atoms with Crippen molar-refractivity contribution in [3.05, 3.63) is 71.3 Å². The number of aryl methyl sites for hydroxylation is 2. The van der Waals surface area contributed by atoms with E-state index in [1.54, 1.807) is 0 Å². The summed E-state index contributed by atoms with van der Waals surface area (Å²) in [5.74, 6) is -0.956. The summed E-state index contributed by atoms with van der Waals surface area (Å²) in [5, 5.41) is 8.92. The lowest BCUT2D eigenvalue weighted by Gasteiger charge is -2.12. The molecule has 104 valence electrons. The van der Waals surface area contributed by atoms with Gasteiger partial charge in [0, 0.05) is 0 Å². The maximum absolute atomic E-state index is 10.9. The zero-order valence-corrected chi connectivity index (χ0v) is 11.3. The first-order chi connectivity index (χ1) is 9.66. The Labute approximate surface area is 119 Å². The third-order valence-corrected chi connectivity index (χ3v) is 3.40. The fraction of sp³-hybridized carbons (Fsp3) is 0.235. The third-order valence-electron chi connectivity index (χ3n) is 3.40. The van der Waals surface area contributed by atoms with Crippen molar-refractivity contribution >= 4 is 5.97 Å². The fourth-order valence-electron chi connectivity index (χ4n) is 2.25. The zero-order chi connectivity index (χ0) is 14.4. The van der Waals surface area contributed by atoms with Crippen LogP contribution < -0.4 is 5.73 Å². The minimum atomic E-state index is -0.956. The molecule has 0 aliphatic carbocycles. The summed E-state index contributed by atoms with van der Waals surface area (Å²) in [5.41, 5.74) is 9.11. The standard InChI is InChI=1S/C17H19NO2/c18-16(17(19)20)12-15-9-5-4-8-14(15)11-10-13-6-2-1-3-7-13/h1-9,16H,10-12,18H2,(H,19,20)/t16-/m0/s1. The van der Waals surface area contributed by atoms with Gasteiger partial charge in [0.05, 0.1) is 0 Å². The van der Waals surface area contributed by atoms with E-state index in [-0.39, 0.29) is 0 Å². The average Bonchev–Trinajstić information content (AvgIpc) is 2.47. The first-order valence-corrected chi connectivity index (χ1v) is 6.76. The second-order valence-electron chi connectivity index (χ2n) is 4.90. The molecule has 20 heavy (non-hydrogen) atoms. The molecule has 0 heterocycles. The average molecular weight is 269 g/mol. The van der Waals surface area contributed by atoms with Gasteiger partial charge >= 0.3 is 5.97 Å². The monoisotopic (exact) mass is 269 g/mol. The molecule has 3 nitrogen and oxygen atoms in total. The van der Waals surface area contributed by atoms with Crippen molar-refractivity contribution in [2.24, 2.45) is 5.73 Å². The maximum atomic E-state index is 10.9. The largest absolute Gasteiger partial charge is 0.480 e. The summed E-state index contributed by atoms with van der Waals surface area (Å²) < 4.78 is 0. The van der Waals surface area contributed by atoms with E-state index in [1.165, 1.54) is 11.1 Å². The van der Waals surface area contributed by atoms with Gasteiger partial charge in [-0.3, -0.25) is 4.79 Å². The normalized spacial score (nSPS) is 12.1. The number of carboxylic acid groups (broad SMARTS) is 1. The lowest BCUT2D eigenvalue weighted by atomic mass is 9.96. The van der Waals surface area contributed by atoms with Crippen molar-refractivity contribution in [1.82, 2.24) is 0 Å². The van der Waals surface area contributed by atoms with Crippen LogP contribution in [-0.2, 0) is 24.1 Å². The molecule has 0 unspecified atom stereocenters. The van der Waals surface area contributed by atoms with Gasteiger partial charge in [-0.25, -0.2) is 0 Å². The minimum absolute atomic E-state index is 0.375. The highest BCUT2D eigenvalue weighted by Gasteiger charge is 2.14. The van der Waals surface area contributed by atoms with Gasteiger partial charge < -0.3 is 10.8 Å². The van der Waals surface area contributed by atoms with Crippen molar-refractivity contribution in [1.29, 1.82) is 0 Å². The highest BCUT2D eigenvalue weighted by Crippen LogP contribution is 2.14. The maximum Gasteiger partial charge on any atom is 0.320 e. The second kappa shape index (κ2) is 6.87. The van der Waals surface area contributed by atoms with E-state index < -0.39 is 12.0 Å². The number of aliphatic carboxylic acids is 1. The van der Waals surface area contributed by atoms with Crippen molar-refractivity contribution in [3.63, 3.8) is 0 Å². The summed E-state index contributed by atoms with van der Waals surface area (Å²) in [7, 11) is 0. The first kappa shape index (κ1) is 14.3. The molecule has 0 aliphatic rings. The van der Waals surface area contributed by atoms with Gasteiger partial charge in [0.25, 0.3) is 0 Å². The molecule has 0 spiro atoms. The van der Waals surface area contributed by atoms with Crippen LogP contribution in [0.4, 0.5) is 0 Å². The van der Waals surface area contributed by atoms with Crippen LogP contribution in [0.2, 0.25) is 0 Å². The summed E-state index contributed by atoms with van der Waals surface area (Å²) in [4.78, 5) is 10.9. The van der Waals surface area contributed by atoms with Crippen LogP contribution in [0.25, 0.3) is 0 Å². The second-order valence-corrected chi connectivity index (χ2v) is 4.90. The highest BCUT2D eigenvalue weighted by atomic mass is 16.4. The Balaban J connectivity index is 2.06. The van der Waals surface area contributed by atoms with Gasteiger partial charge in [0.2, 0.25) is 0 Å². The van der Waals surface area contributed by atoms with Crippen LogP contribution in [0.5, 0.6) is 0 Å². The van der Waals surface area contributed by atoms with E-state index in [2.05, 4.69) is 12.1 Å². The predicted octanol–water partition coefficient (Wildman–Crippen LogP) is 2.43. The summed E-state index contributed by atoms with van der Waals surface area (Å²) in [6.07, 6.45) is 2.22. The van der Waals surface area contributed by atoms with E-state index in [0.29, 0.717) is 6.42 Å². The number of nitrogens with two attached hydrogens (primary N) is 1. The Kier molecular flexibility index (Phi) is 4.91. The number of hydrogen-bond acceptors (Lipinski definition) is 2. The quantitative estimate of drug-likeness (QED) is 0.846. The molecule has 0 fully saturated rings. The molecule has 3 N–H and O–H groups in total. The highest BCUT2D eigenvalue weighted by molar-refractivity contribution is 5.73. The molecule has 2 aromatic rings. The van der Waals surface area contributed by atoms with Gasteiger partial charge in [-0.1, -0.05) is 54.6 Å². The topological polar surface area (TPSA) is 63.3 Å². The molecule has 0 aliphatic heterocycles. The van der Waals surface area contributed by atoms with Gasteiger partial charge in [-0.15, -0.1) is 0 Å². The van der Waals surface area contributed by atoms with Gasteiger partial charge in [0.15, 0.2) is 0 Å². The zero-order valence-electron chi connectivity index (χ0n) is 11.3. The van der Waals surface area contributed by atoms with Gasteiger partial charge in [-0.2, -0.15) is 0 Å². The summed E-state index contributed by atoms with van der Waals surface area (Å²) in [6.45, 7) is 0. The SMILES string of the molecule is N[C@@H](Cc1ccccc1CCc1ccccc1)C(=O)O. The number of benzene rings is 2. The van der Waals surface area contributed by atoms with Crippen LogP contribution in [0.3, 0.4) is 0 Å². The van der Waals surface area contributed by atoms with Crippen molar-refractivity contribution in [2.45, 2.75) is 25.3 Å². The Morgan fingerprint density at radius 2 is 1.55 bits per heavy atom. The molecule has 0 bridgehead atoms. The molecular formula is C17H19NO2. The molecule has 2 rings (SSSR count). The lowest BCUT2D eigenvalue weighted by molar-refractivity contribution is -0.138. The van der Waals surface area contributed by atoms with Crippen LogP contribution in [0.1, 0.15) is 16.7 Å². The van der Waals surface area contributed by atoms with Crippen molar-refractivity contribution in [3.8, 4) is 0 Å². The number of carbonyl (C=O) groups is 1. The van der Waals surface area contributed by atoms with E-state index in [0.717, 1.165) is 18.4 Å². The Morgan fingerprint density at radius 1 is 0.950 bits per heavy atom. The fourth-order valence-corrected chi connectivity index (χ4v) is 2.25. The van der Waals surface area contributed by atoms with Crippen LogP contribution in [0, 0.1) is 0 Å². The summed E-state index contributed by atoms with van der Waals surface area (Å²) in [6, 6.07) is 17.3. The number of hydrogen-bond donors (Lipinski definition) is 2. The molecule has 0 saturated carbocycles. The molecular weight excluding hydrogens is 250 g/mol. The third kappa shape index (κ3) is 3.93. The van der Waals surface area contributed by atoms with Crippen LogP contribution in [-0.4, -0.2) is 17.1 Å².